The smallest absolute Gasteiger partial charge is 0.242 e. The largest absolute Gasteiger partial charge is 0.339 e. The lowest BCUT2D eigenvalue weighted by molar-refractivity contribution is -0.135. The van der Waals surface area contributed by atoms with Gasteiger partial charge in [-0.2, -0.15) is 0 Å². The van der Waals surface area contributed by atoms with Gasteiger partial charge in [-0.25, -0.2) is 0 Å². The summed E-state index contributed by atoms with van der Waals surface area (Å²) in [5, 5.41) is 0. The van der Waals surface area contributed by atoms with Gasteiger partial charge in [0, 0.05) is 19.1 Å². The normalized spacial score (nSPS) is 23.4. The number of likely N-dealkylation sites (tertiary alicyclic amines) is 1. The fourth-order valence-corrected chi connectivity index (χ4v) is 2.34. The van der Waals surface area contributed by atoms with E-state index in [2.05, 4.69) is 25.9 Å². The van der Waals surface area contributed by atoms with Crippen molar-refractivity contribution in [3.8, 4) is 0 Å². The summed E-state index contributed by atoms with van der Waals surface area (Å²) in [5.74, 6) is 0.110. The summed E-state index contributed by atoms with van der Waals surface area (Å²) in [7, 11) is 4.12. The molecule has 0 aromatic heterocycles. The van der Waals surface area contributed by atoms with Crippen molar-refractivity contribution >= 4 is 18.3 Å². The number of nitrogens with zero attached hydrogens (tertiary/aromatic N) is 2. The standard InChI is InChI=1S/C12H25N3O.ClH/c1-5-7-12(2,13)11(16)15-8-6-10(9-15)14(3)4;/h10H,5-9,13H2,1-4H3;1H. The van der Waals surface area contributed by atoms with E-state index in [-0.39, 0.29) is 18.3 Å². The van der Waals surface area contributed by atoms with E-state index in [0.717, 1.165) is 32.4 Å². The van der Waals surface area contributed by atoms with Crippen molar-refractivity contribution in [2.24, 2.45) is 5.73 Å². The average molecular weight is 264 g/mol. The molecule has 4 nitrogen and oxygen atoms in total. The zero-order valence-electron chi connectivity index (χ0n) is 11.4. The topological polar surface area (TPSA) is 49.6 Å². The van der Waals surface area contributed by atoms with Crippen molar-refractivity contribution in [3.05, 3.63) is 0 Å². The van der Waals surface area contributed by atoms with Gasteiger partial charge >= 0.3 is 0 Å². The first-order valence-electron chi connectivity index (χ1n) is 6.13. The third-order valence-corrected chi connectivity index (χ3v) is 3.44. The molecule has 0 bridgehead atoms. The molecule has 1 amide bonds. The third kappa shape index (κ3) is 4.12. The zero-order valence-corrected chi connectivity index (χ0v) is 12.2. The number of carbonyl (C=O) groups excluding carboxylic acids is 1. The fraction of sp³-hybridized carbons (Fsp3) is 0.917. The van der Waals surface area contributed by atoms with Gasteiger partial charge in [-0.1, -0.05) is 13.3 Å². The van der Waals surface area contributed by atoms with Gasteiger partial charge in [0.25, 0.3) is 0 Å². The highest BCUT2D eigenvalue weighted by Gasteiger charge is 2.36. The van der Waals surface area contributed by atoms with E-state index in [1.54, 1.807) is 0 Å². The fourth-order valence-electron chi connectivity index (χ4n) is 2.34. The molecule has 102 valence electrons. The number of halogens is 1. The maximum atomic E-state index is 12.2. The van der Waals surface area contributed by atoms with E-state index in [0.29, 0.717) is 6.04 Å². The molecule has 17 heavy (non-hydrogen) atoms. The Bertz CT molecular complexity index is 256. The number of hydrogen-bond donors (Lipinski definition) is 1. The Balaban J connectivity index is 0.00000256. The lowest BCUT2D eigenvalue weighted by Gasteiger charge is -2.29. The molecule has 1 aliphatic rings. The Morgan fingerprint density at radius 3 is 2.53 bits per heavy atom. The Labute approximate surface area is 111 Å². The Morgan fingerprint density at radius 2 is 2.12 bits per heavy atom. The van der Waals surface area contributed by atoms with Crippen LogP contribution in [0.4, 0.5) is 0 Å². The summed E-state index contributed by atoms with van der Waals surface area (Å²) in [6.07, 6.45) is 2.76. The number of hydrogen-bond acceptors (Lipinski definition) is 3. The van der Waals surface area contributed by atoms with Gasteiger partial charge < -0.3 is 15.5 Å². The van der Waals surface area contributed by atoms with E-state index < -0.39 is 5.54 Å². The van der Waals surface area contributed by atoms with Crippen molar-refractivity contribution in [1.29, 1.82) is 0 Å². The number of rotatable bonds is 4. The summed E-state index contributed by atoms with van der Waals surface area (Å²) in [4.78, 5) is 16.3. The van der Waals surface area contributed by atoms with Crippen LogP contribution in [0.25, 0.3) is 0 Å². The maximum absolute atomic E-state index is 12.2. The first-order chi connectivity index (χ1) is 7.38. The van der Waals surface area contributed by atoms with E-state index in [9.17, 15) is 4.79 Å². The number of likely N-dealkylation sites (N-methyl/N-ethyl adjacent to an activating group) is 1. The molecule has 2 N–H and O–H groups in total. The Morgan fingerprint density at radius 1 is 1.53 bits per heavy atom. The van der Waals surface area contributed by atoms with Gasteiger partial charge in [-0.3, -0.25) is 4.79 Å². The monoisotopic (exact) mass is 263 g/mol. The van der Waals surface area contributed by atoms with Crippen molar-refractivity contribution in [1.82, 2.24) is 9.80 Å². The molecule has 1 saturated heterocycles. The minimum absolute atomic E-state index is 0. The van der Waals surface area contributed by atoms with Crippen molar-refractivity contribution in [2.75, 3.05) is 27.2 Å². The van der Waals surface area contributed by atoms with Crippen molar-refractivity contribution < 1.29 is 4.79 Å². The van der Waals surface area contributed by atoms with Crippen molar-refractivity contribution in [3.63, 3.8) is 0 Å². The van der Waals surface area contributed by atoms with E-state index >= 15 is 0 Å². The van der Waals surface area contributed by atoms with Crippen LogP contribution in [0.15, 0.2) is 0 Å². The SMILES string of the molecule is CCCC(C)(N)C(=O)N1CCC(N(C)C)C1.Cl. The molecule has 0 radical (unpaired) electrons. The quantitative estimate of drug-likeness (QED) is 0.826. The Hall–Kier alpha value is -0.320. The van der Waals surface area contributed by atoms with Crippen LogP contribution in [-0.2, 0) is 4.79 Å². The molecule has 0 spiro atoms. The first kappa shape index (κ1) is 16.7. The summed E-state index contributed by atoms with van der Waals surface area (Å²) < 4.78 is 0. The molecule has 0 aromatic rings. The average Bonchev–Trinajstić information content (AvgIpc) is 2.65. The van der Waals surface area contributed by atoms with Gasteiger partial charge in [-0.15, -0.1) is 12.4 Å². The number of amides is 1. The maximum Gasteiger partial charge on any atom is 0.242 e. The van der Waals surface area contributed by atoms with Gasteiger partial charge in [0.1, 0.15) is 0 Å². The number of carbonyl (C=O) groups is 1. The molecule has 5 heteroatoms. The molecule has 2 atom stereocenters. The van der Waals surface area contributed by atoms with Crippen LogP contribution in [0.1, 0.15) is 33.1 Å². The second-order valence-corrected chi connectivity index (χ2v) is 5.32. The highest BCUT2D eigenvalue weighted by molar-refractivity contribution is 5.86. The Kier molecular flexibility index (Phi) is 6.45. The lowest BCUT2D eigenvalue weighted by Crippen LogP contribution is -2.53. The third-order valence-electron chi connectivity index (χ3n) is 3.44. The minimum Gasteiger partial charge on any atom is -0.339 e. The highest BCUT2D eigenvalue weighted by atomic mass is 35.5. The summed E-state index contributed by atoms with van der Waals surface area (Å²) in [6.45, 7) is 5.58. The van der Waals surface area contributed by atoms with Crippen LogP contribution in [0, 0.1) is 0 Å². The van der Waals surface area contributed by atoms with Crippen molar-refractivity contribution in [2.45, 2.75) is 44.7 Å². The summed E-state index contributed by atoms with van der Waals surface area (Å²) in [5.41, 5.74) is 5.38. The second kappa shape index (κ2) is 6.57. The molecule has 1 aliphatic heterocycles. The second-order valence-electron chi connectivity index (χ2n) is 5.32. The predicted molar refractivity (Wildman–Crippen MR) is 73.4 cm³/mol. The first-order valence-corrected chi connectivity index (χ1v) is 6.13. The molecule has 1 heterocycles. The summed E-state index contributed by atoms with van der Waals surface area (Å²) in [6, 6.07) is 0.487. The van der Waals surface area contributed by atoms with Crippen LogP contribution < -0.4 is 5.73 Å². The van der Waals surface area contributed by atoms with Crippen LogP contribution in [0.2, 0.25) is 0 Å². The minimum atomic E-state index is -0.685. The molecular formula is C12H26ClN3O. The van der Waals surface area contributed by atoms with Crippen LogP contribution in [0.5, 0.6) is 0 Å². The van der Waals surface area contributed by atoms with Gasteiger partial charge in [0.2, 0.25) is 5.91 Å². The molecule has 1 fully saturated rings. The van der Waals surface area contributed by atoms with Gasteiger partial charge in [0.15, 0.2) is 0 Å². The zero-order chi connectivity index (χ0) is 12.3. The number of nitrogens with two attached hydrogens (primary N) is 1. The molecule has 2 unspecified atom stereocenters. The molecule has 0 aromatic carbocycles. The highest BCUT2D eigenvalue weighted by Crippen LogP contribution is 2.19. The molecule has 0 aliphatic carbocycles. The molecular weight excluding hydrogens is 238 g/mol. The van der Waals surface area contributed by atoms with E-state index in [1.165, 1.54) is 0 Å². The van der Waals surface area contributed by atoms with E-state index in [4.69, 9.17) is 5.73 Å². The van der Waals surface area contributed by atoms with Gasteiger partial charge in [-0.05, 0) is 33.9 Å². The predicted octanol–water partition coefficient (Wildman–Crippen LogP) is 1.09. The van der Waals surface area contributed by atoms with Gasteiger partial charge in [0.05, 0.1) is 5.54 Å². The van der Waals surface area contributed by atoms with Crippen LogP contribution in [0.3, 0.4) is 0 Å². The lowest BCUT2D eigenvalue weighted by atomic mass is 9.96. The van der Waals surface area contributed by atoms with E-state index in [1.807, 2.05) is 11.8 Å². The summed E-state index contributed by atoms with van der Waals surface area (Å²) >= 11 is 0. The van der Waals surface area contributed by atoms with Crippen LogP contribution >= 0.6 is 12.4 Å². The molecule has 0 saturated carbocycles. The van der Waals surface area contributed by atoms with Crippen LogP contribution in [-0.4, -0.2) is 54.5 Å². The molecule has 1 rings (SSSR count).